The van der Waals surface area contributed by atoms with Crippen molar-refractivity contribution in [1.29, 1.82) is 0 Å². The zero-order chi connectivity index (χ0) is 45.0. The first-order chi connectivity index (χ1) is 30.2. The van der Waals surface area contributed by atoms with Crippen LogP contribution in [0.1, 0.15) is 134 Å². The molecule has 1 atom stereocenters. The van der Waals surface area contributed by atoms with Crippen molar-refractivity contribution in [3.63, 3.8) is 0 Å². The van der Waals surface area contributed by atoms with E-state index >= 15 is 0 Å². The summed E-state index contributed by atoms with van der Waals surface area (Å²) in [7, 11) is 3.20. The Morgan fingerprint density at radius 3 is 1.78 bits per heavy atom. The van der Waals surface area contributed by atoms with Crippen molar-refractivity contribution in [2.45, 2.75) is 140 Å². The molecule has 2 heterocycles. The fraction of sp³-hybridized carbons (Fsp3) is 0.473. The number of rotatable bonds is 14. The van der Waals surface area contributed by atoms with Gasteiger partial charge in [0.25, 0.3) is 0 Å². The summed E-state index contributed by atoms with van der Waals surface area (Å²) in [5.74, 6) is 2.11. The van der Waals surface area contributed by atoms with Gasteiger partial charge in [-0.2, -0.15) is 0 Å². The van der Waals surface area contributed by atoms with E-state index in [0.29, 0.717) is 49.0 Å². The molecule has 2 saturated carbocycles. The molecule has 0 aliphatic heterocycles. The van der Waals surface area contributed by atoms with Gasteiger partial charge in [-0.05, 0) is 102 Å². The van der Waals surface area contributed by atoms with Crippen LogP contribution in [-0.2, 0) is 22.0 Å². The quantitative estimate of drug-likeness (QED) is 0.102. The first-order valence-corrected chi connectivity index (χ1v) is 23.2. The normalized spacial score (nSPS) is 16.1. The average molecular weight is 861 g/mol. The Labute approximate surface area is 374 Å². The Hall–Kier alpha value is -4.95. The molecule has 0 bridgehead atoms. The first kappa shape index (κ1) is 47.5. The van der Waals surface area contributed by atoms with Crippen molar-refractivity contribution in [3.8, 4) is 11.5 Å². The van der Waals surface area contributed by atoms with Gasteiger partial charge in [-0.25, -0.2) is 8.78 Å². The first-order valence-electron chi connectivity index (χ1n) is 23.2. The van der Waals surface area contributed by atoms with E-state index in [1.807, 2.05) is 44.3 Å². The van der Waals surface area contributed by atoms with Gasteiger partial charge in [0.05, 0.1) is 19.8 Å². The lowest BCUT2D eigenvalue weighted by Crippen LogP contribution is -2.41. The molecule has 4 aromatic carbocycles. The molecule has 3 N–H and O–H groups in total. The number of benzene rings is 4. The Morgan fingerprint density at radius 1 is 0.667 bits per heavy atom. The van der Waals surface area contributed by atoms with Crippen LogP contribution in [0.2, 0.25) is 0 Å². The largest absolute Gasteiger partial charge is 0.496 e. The fourth-order valence-electron chi connectivity index (χ4n) is 10.4. The molecule has 2 aliphatic rings. The summed E-state index contributed by atoms with van der Waals surface area (Å²) >= 11 is 0. The van der Waals surface area contributed by atoms with Gasteiger partial charge in [0, 0.05) is 58.7 Å². The van der Waals surface area contributed by atoms with Gasteiger partial charge in [0.1, 0.15) is 28.9 Å². The molecule has 2 aliphatic carbocycles. The zero-order valence-electron chi connectivity index (χ0n) is 38.5. The standard InChI is InChI=1S/C28H36FNO2.C19H27FO2.C8H7N/c1-27(2,24-16-22(29)13-14-26(24)32-3)19-28(31,17-20-9-5-4-6-10-20)18-23-15-21-11-7-8-12-25(21)30-23;1-19(2,17-12-15(20)9-10-18(17)22-3)13-16(21)11-14-7-5-4-6-8-14;1-2-4-8-7(3-1)5-6-9-8/h7-8,11-16,20,30-31H,4-6,9-10,17-19H2,1-3H3;9-10,12,14H,4-8,11,13H2,1-3H3;1-6,9H. The number of aromatic nitrogens is 2. The van der Waals surface area contributed by atoms with Crippen LogP contribution in [-0.4, -0.2) is 40.7 Å². The van der Waals surface area contributed by atoms with Crippen molar-refractivity contribution in [2.75, 3.05) is 14.2 Å². The number of carbonyl (C=O) groups excluding carboxylic acids is 1. The molecule has 6 nitrogen and oxygen atoms in total. The molecular weight excluding hydrogens is 791 g/mol. The van der Waals surface area contributed by atoms with Crippen molar-refractivity contribution in [3.05, 3.63) is 132 Å². The molecule has 63 heavy (non-hydrogen) atoms. The number of hydrogen-bond acceptors (Lipinski definition) is 4. The summed E-state index contributed by atoms with van der Waals surface area (Å²) in [6, 6.07) is 29.8. The number of H-pyrrole nitrogens is 2. The van der Waals surface area contributed by atoms with Crippen LogP contribution >= 0.6 is 0 Å². The minimum absolute atomic E-state index is 0.277. The summed E-state index contributed by atoms with van der Waals surface area (Å²) in [4.78, 5) is 19.1. The fourth-order valence-corrected chi connectivity index (χ4v) is 10.4. The van der Waals surface area contributed by atoms with Crippen LogP contribution in [0.3, 0.4) is 0 Å². The number of carbonyl (C=O) groups is 1. The van der Waals surface area contributed by atoms with Crippen molar-refractivity contribution >= 4 is 27.6 Å². The zero-order valence-corrected chi connectivity index (χ0v) is 38.5. The second-order valence-corrected chi connectivity index (χ2v) is 19.6. The van der Waals surface area contributed by atoms with E-state index in [1.54, 1.807) is 32.4 Å². The predicted octanol–water partition coefficient (Wildman–Crippen LogP) is 14.1. The van der Waals surface area contributed by atoms with Crippen molar-refractivity contribution in [2.24, 2.45) is 11.8 Å². The van der Waals surface area contributed by atoms with E-state index < -0.39 is 16.4 Å². The second kappa shape index (κ2) is 21.6. The second-order valence-electron chi connectivity index (χ2n) is 19.6. The smallest absolute Gasteiger partial charge is 0.134 e. The lowest BCUT2D eigenvalue weighted by atomic mass is 9.69. The van der Waals surface area contributed by atoms with Crippen molar-refractivity contribution in [1.82, 2.24) is 9.97 Å². The third-order valence-corrected chi connectivity index (χ3v) is 13.4. The topological polar surface area (TPSA) is 87.3 Å². The van der Waals surface area contributed by atoms with E-state index in [-0.39, 0.29) is 17.4 Å². The summed E-state index contributed by atoms with van der Waals surface area (Å²) < 4.78 is 38.6. The lowest BCUT2D eigenvalue weighted by molar-refractivity contribution is -0.121. The van der Waals surface area contributed by atoms with Crippen LogP contribution in [0.25, 0.3) is 21.8 Å². The molecule has 6 aromatic rings. The lowest BCUT2D eigenvalue weighted by Gasteiger charge is -2.40. The van der Waals surface area contributed by atoms with Crippen molar-refractivity contribution < 1.29 is 28.2 Å². The summed E-state index contributed by atoms with van der Waals surface area (Å²) in [6.45, 7) is 8.15. The van der Waals surface area contributed by atoms with E-state index in [9.17, 15) is 18.7 Å². The molecule has 8 rings (SSSR count). The van der Waals surface area contributed by atoms with Crippen LogP contribution in [0.15, 0.2) is 103 Å². The molecular formula is C55H70F2N2O4. The minimum Gasteiger partial charge on any atom is -0.496 e. The van der Waals surface area contributed by atoms with E-state index in [0.717, 1.165) is 34.1 Å². The van der Waals surface area contributed by atoms with E-state index in [2.05, 4.69) is 60.2 Å². The number of nitrogens with one attached hydrogen (secondary N) is 2. The third-order valence-electron chi connectivity index (χ3n) is 13.4. The number of halogens is 2. The SMILES string of the molecule is COc1ccc(F)cc1C(C)(C)CC(=O)CC1CCCCC1.COc1ccc(F)cc1C(C)(C)CC(O)(Cc1cc2ccccc2[nH]1)CC1CCCCC1.c1ccc2[nH]ccc2c1. The summed E-state index contributed by atoms with van der Waals surface area (Å²) in [5.41, 5.74) is 3.15. The number of methoxy groups -OCH3 is 2. The molecule has 0 amide bonds. The van der Waals surface area contributed by atoms with Gasteiger partial charge in [0.2, 0.25) is 0 Å². The molecule has 2 aromatic heterocycles. The number of aromatic amines is 2. The van der Waals surface area contributed by atoms with Gasteiger partial charge in [-0.15, -0.1) is 0 Å². The molecule has 1 unspecified atom stereocenters. The average Bonchev–Trinajstić information content (AvgIpc) is 3.91. The Bertz CT molecular complexity index is 2300. The maximum Gasteiger partial charge on any atom is 0.134 e. The number of ether oxygens (including phenoxy) is 2. The highest BCUT2D eigenvalue weighted by atomic mass is 19.1. The molecule has 0 spiro atoms. The molecule has 338 valence electrons. The monoisotopic (exact) mass is 861 g/mol. The van der Waals surface area contributed by atoms with Gasteiger partial charge >= 0.3 is 0 Å². The molecule has 2 fully saturated rings. The number of para-hydroxylation sites is 2. The van der Waals surface area contributed by atoms with Gasteiger partial charge in [-0.1, -0.05) is 128 Å². The molecule has 0 radical (unpaired) electrons. The molecule has 8 heteroatoms. The van der Waals surface area contributed by atoms with Gasteiger partial charge in [0.15, 0.2) is 0 Å². The molecule has 0 saturated heterocycles. The van der Waals surface area contributed by atoms with Crippen LogP contribution in [0.4, 0.5) is 8.78 Å². The summed E-state index contributed by atoms with van der Waals surface area (Å²) in [6.07, 6.45) is 17.2. The van der Waals surface area contributed by atoms with Gasteiger partial charge in [-0.3, -0.25) is 4.79 Å². The third kappa shape index (κ3) is 13.3. The highest BCUT2D eigenvalue weighted by Crippen LogP contribution is 2.43. The Balaban J connectivity index is 0.000000182. The Kier molecular flexibility index (Phi) is 16.3. The number of hydrogen-bond donors (Lipinski definition) is 3. The van der Waals surface area contributed by atoms with Crippen LogP contribution < -0.4 is 9.47 Å². The highest BCUT2D eigenvalue weighted by Gasteiger charge is 2.39. The predicted molar refractivity (Wildman–Crippen MR) is 254 cm³/mol. The van der Waals surface area contributed by atoms with E-state index in [4.69, 9.17) is 9.47 Å². The number of ketones is 1. The van der Waals surface area contributed by atoms with E-state index in [1.165, 1.54) is 93.3 Å². The van der Waals surface area contributed by atoms with Gasteiger partial charge < -0.3 is 24.5 Å². The highest BCUT2D eigenvalue weighted by molar-refractivity contribution is 5.81. The number of Topliss-reactive ketones (excluding diaryl/α,β-unsaturated/α-hetero) is 1. The number of fused-ring (bicyclic) bond motifs is 2. The maximum atomic E-state index is 14.2. The Morgan fingerprint density at radius 2 is 1.21 bits per heavy atom. The minimum atomic E-state index is -0.899. The summed E-state index contributed by atoms with van der Waals surface area (Å²) in [5, 5.41) is 14.6. The maximum absolute atomic E-state index is 14.2. The number of aliphatic hydroxyl groups is 1. The van der Waals surface area contributed by atoms with Crippen LogP contribution in [0.5, 0.6) is 11.5 Å². The van der Waals surface area contributed by atoms with Crippen LogP contribution in [0, 0.1) is 23.5 Å².